The summed E-state index contributed by atoms with van der Waals surface area (Å²) in [4.78, 5) is 10.5. The van der Waals surface area contributed by atoms with Crippen LogP contribution in [0.25, 0.3) is 0 Å². The van der Waals surface area contributed by atoms with Gasteiger partial charge < -0.3 is 10.2 Å². The summed E-state index contributed by atoms with van der Waals surface area (Å²) in [6, 6.07) is 2.32. The minimum absolute atomic E-state index is 0.253. The van der Waals surface area contributed by atoms with Crippen molar-refractivity contribution in [2.45, 2.75) is 18.9 Å². The van der Waals surface area contributed by atoms with E-state index in [4.69, 9.17) is 5.26 Å². The van der Waals surface area contributed by atoms with Crippen LogP contribution in [0.3, 0.4) is 0 Å². The maximum Gasteiger partial charge on any atom is 0.182 e. The molecule has 0 spiro atoms. The number of aryl methyl sites for hydroxylation is 1. The van der Waals surface area contributed by atoms with E-state index in [0.29, 0.717) is 11.5 Å². The summed E-state index contributed by atoms with van der Waals surface area (Å²) in [5.41, 5.74) is 1.47. The number of nitrogens with zero attached hydrogens (tertiary/aromatic N) is 6. The molecule has 1 N–H and O–H groups in total. The zero-order valence-corrected chi connectivity index (χ0v) is 11.9. The van der Waals surface area contributed by atoms with Crippen molar-refractivity contribution in [2.24, 2.45) is 7.05 Å². The monoisotopic (exact) mass is 283 g/mol. The Kier molecular flexibility index (Phi) is 3.69. The number of anilines is 2. The molecule has 0 aromatic carbocycles. The third-order valence-electron chi connectivity index (χ3n) is 3.62. The van der Waals surface area contributed by atoms with Gasteiger partial charge in [-0.2, -0.15) is 10.4 Å². The number of aromatic nitrogens is 4. The maximum atomic E-state index is 9.07. The average molecular weight is 283 g/mol. The van der Waals surface area contributed by atoms with Crippen LogP contribution in [0.5, 0.6) is 0 Å². The van der Waals surface area contributed by atoms with Crippen molar-refractivity contribution in [1.29, 1.82) is 5.26 Å². The van der Waals surface area contributed by atoms with E-state index >= 15 is 0 Å². The van der Waals surface area contributed by atoms with Gasteiger partial charge in [0, 0.05) is 44.8 Å². The molecule has 0 aliphatic carbocycles. The van der Waals surface area contributed by atoms with Gasteiger partial charge in [-0.15, -0.1) is 0 Å². The Morgan fingerprint density at radius 3 is 3.00 bits per heavy atom. The second-order valence-electron chi connectivity index (χ2n) is 5.17. The van der Waals surface area contributed by atoms with Crippen molar-refractivity contribution < 1.29 is 0 Å². The van der Waals surface area contributed by atoms with Crippen LogP contribution in [0.2, 0.25) is 0 Å². The van der Waals surface area contributed by atoms with E-state index in [-0.39, 0.29) is 6.04 Å². The standard InChI is InChI=1S/C14H17N7/c1-20-10-12(8-18-20)21-6-2-3-11(9-21)19-14-13(7-15)16-4-5-17-14/h4-5,8,10-11H,2-3,6,9H2,1H3,(H,17,19). The Morgan fingerprint density at radius 1 is 1.38 bits per heavy atom. The quantitative estimate of drug-likeness (QED) is 0.910. The van der Waals surface area contributed by atoms with E-state index in [1.54, 1.807) is 6.20 Å². The molecular formula is C14H17N7. The molecule has 0 amide bonds. The first kappa shape index (κ1) is 13.4. The molecule has 7 heteroatoms. The lowest BCUT2D eigenvalue weighted by Gasteiger charge is -2.34. The molecule has 108 valence electrons. The Bertz CT molecular complexity index is 657. The van der Waals surface area contributed by atoms with Crippen molar-refractivity contribution in [3.8, 4) is 6.07 Å². The summed E-state index contributed by atoms with van der Waals surface area (Å²) in [5.74, 6) is 0.568. The second-order valence-corrected chi connectivity index (χ2v) is 5.17. The summed E-state index contributed by atoms with van der Waals surface area (Å²) < 4.78 is 1.81. The fourth-order valence-electron chi connectivity index (χ4n) is 2.62. The highest BCUT2D eigenvalue weighted by Crippen LogP contribution is 2.21. The molecule has 21 heavy (non-hydrogen) atoms. The predicted octanol–water partition coefficient (Wildman–Crippen LogP) is 1.16. The molecule has 2 aromatic heterocycles. The molecule has 1 aliphatic heterocycles. The number of piperidine rings is 1. The van der Waals surface area contributed by atoms with E-state index in [1.807, 2.05) is 24.1 Å². The van der Waals surface area contributed by atoms with Crippen LogP contribution in [0.1, 0.15) is 18.5 Å². The van der Waals surface area contributed by atoms with Crippen LogP contribution in [-0.2, 0) is 7.05 Å². The van der Waals surface area contributed by atoms with Crippen LogP contribution in [0, 0.1) is 11.3 Å². The minimum Gasteiger partial charge on any atom is -0.367 e. The third kappa shape index (κ3) is 2.94. The summed E-state index contributed by atoms with van der Waals surface area (Å²) in [5, 5.41) is 16.6. The highest BCUT2D eigenvalue weighted by atomic mass is 15.3. The Morgan fingerprint density at radius 2 is 2.24 bits per heavy atom. The molecule has 2 aromatic rings. The van der Waals surface area contributed by atoms with Gasteiger partial charge >= 0.3 is 0 Å². The van der Waals surface area contributed by atoms with Crippen LogP contribution in [0.15, 0.2) is 24.8 Å². The van der Waals surface area contributed by atoms with Gasteiger partial charge in [-0.25, -0.2) is 9.97 Å². The molecule has 1 saturated heterocycles. The highest BCUT2D eigenvalue weighted by molar-refractivity contribution is 5.49. The smallest absolute Gasteiger partial charge is 0.182 e. The van der Waals surface area contributed by atoms with Gasteiger partial charge in [-0.3, -0.25) is 4.68 Å². The Hall–Kier alpha value is -2.62. The molecular weight excluding hydrogens is 266 g/mol. The van der Waals surface area contributed by atoms with Gasteiger partial charge in [0.05, 0.1) is 11.9 Å². The zero-order valence-electron chi connectivity index (χ0n) is 11.9. The van der Waals surface area contributed by atoms with Crippen LogP contribution >= 0.6 is 0 Å². The van der Waals surface area contributed by atoms with Crippen molar-refractivity contribution in [3.63, 3.8) is 0 Å². The van der Waals surface area contributed by atoms with Gasteiger partial charge in [-0.05, 0) is 12.8 Å². The third-order valence-corrected chi connectivity index (χ3v) is 3.62. The number of nitriles is 1. The fourth-order valence-corrected chi connectivity index (χ4v) is 2.62. The van der Waals surface area contributed by atoms with Crippen molar-refractivity contribution in [1.82, 2.24) is 19.7 Å². The highest BCUT2D eigenvalue weighted by Gasteiger charge is 2.22. The fraction of sp³-hybridized carbons (Fsp3) is 0.429. The Balaban J connectivity index is 1.70. The van der Waals surface area contributed by atoms with Crippen molar-refractivity contribution in [3.05, 3.63) is 30.5 Å². The Labute approximate surface area is 123 Å². The lowest BCUT2D eigenvalue weighted by atomic mass is 10.1. The summed E-state index contributed by atoms with van der Waals surface area (Å²) >= 11 is 0. The first-order valence-corrected chi connectivity index (χ1v) is 6.97. The molecule has 1 unspecified atom stereocenters. The topological polar surface area (TPSA) is 82.7 Å². The lowest BCUT2D eigenvalue weighted by Crippen LogP contribution is -2.42. The van der Waals surface area contributed by atoms with E-state index in [2.05, 4.69) is 31.4 Å². The maximum absolute atomic E-state index is 9.07. The summed E-state index contributed by atoms with van der Waals surface area (Å²) in [7, 11) is 1.92. The summed E-state index contributed by atoms with van der Waals surface area (Å²) in [6.07, 6.45) is 9.18. The SMILES string of the molecule is Cn1cc(N2CCCC(Nc3nccnc3C#N)C2)cn1. The van der Waals surface area contributed by atoms with Gasteiger partial charge in [0.2, 0.25) is 0 Å². The molecule has 1 fully saturated rings. The van der Waals surface area contributed by atoms with Crippen LogP contribution < -0.4 is 10.2 Å². The molecule has 0 bridgehead atoms. The molecule has 7 nitrogen and oxygen atoms in total. The minimum atomic E-state index is 0.253. The largest absolute Gasteiger partial charge is 0.367 e. The normalized spacial score (nSPS) is 18.3. The first-order chi connectivity index (χ1) is 10.3. The number of hydrogen-bond acceptors (Lipinski definition) is 6. The van der Waals surface area contributed by atoms with E-state index in [9.17, 15) is 0 Å². The van der Waals surface area contributed by atoms with Gasteiger partial charge in [0.1, 0.15) is 6.07 Å². The van der Waals surface area contributed by atoms with Crippen LogP contribution in [0.4, 0.5) is 11.5 Å². The van der Waals surface area contributed by atoms with E-state index in [1.165, 1.54) is 6.20 Å². The average Bonchev–Trinajstić information content (AvgIpc) is 2.95. The molecule has 1 aliphatic rings. The van der Waals surface area contributed by atoms with Crippen molar-refractivity contribution in [2.75, 3.05) is 23.3 Å². The number of nitrogens with one attached hydrogen (secondary N) is 1. The predicted molar refractivity (Wildman–Crippen MR) is 78.8 cm³/mol. The van der Waals surface area contributed by atoms with Crippen molar-refractivity contribution >= 4 is 11.5 Å². The molecule has 3 heterocycles. The van der Waals surface area contributed by atoms with Gasteiger partial charge in [0.25, 0.3) is 0 Å². The van der Waals surface area contributed by atoms with E-state index in [0.717, 1.165) is 31.6 Å². The summed E-state index contributed by atoms with van der Waals surface area (Å²) in [6.45, 7) is 1.89. The van der Waals surface area contributed by atoms with Crippen LogP contribution in [-0.4, -0.2) is 38.9 Å². The van der Waals surface area contributed by atoms with E-state index < -0.39 is 0 Å². The number of rotatable bonds is 3. The molecule has 3 rings (SSSR count). The van der Waals surface area contributed by atoms with Gasteiger partial charge in [-0.1, -0.05) is 0 Å². The van der Waals surface area contributed by atoms with Gasteiger partial charge in [0.15, 0.2) is 11.5 Å². The second kappa shape index (κ2) is 5.79. The molecule has 1 atom stereocenters. The molecule has 0 saturated carbocycles. The number of hydrogen-bond donors (Lipinski definition) is 1. The molecule has 0 radical (unpaired) electrons. The zero-order chi connectivity index (χ0) is 14.7. The first-order valence-electron chi connectivity index (χ1n) is 6.97. The lowest BCUT2D eigenvalue weighted by molar-refractivity contribution is 0.528.